The first kappa shape index (κ1) is 17.5. The Balaban J connectivity index is 2.22. The minimum absolute atomic E-state index is 0.0621. The maximum Gasteiger partial charge on any atom is 0.0568 e. The van der Waals surface area contributed by atoms with Crippen LogP contribution < -0.4 is 0 Å². The first-order chi connectivity index (χ1) is 10.1. The lowest BCUT2D eigenvalue weighted by Gasteiger charge is -2.26. The monoisotopic (exact) mass is 302 g/mol. The summed E-state index contributed by atoms with van der Waals surface area (Å²) in [4.78, 5) is 0. The summed E-state index contributed by atoms with van der Waals surface area (Å²) in [6, 6.07) is 7.15. The summed E-state index contributed by atoms with van der Waals surface area (Å²) >= 11 is 0. The Morgan fingerprint density at radius 2 is 1.45 bits per heavy atom. The van der Waals surface area contributed by atoms with Crippen LogP contribution in [0.5, 0.6) is 0 Å². The van der Waals surface area contributed by atoms with Crippen molar-refractivity contribution in [1.29, 1.82) is 0 Å². The van der Waals surface area contributed by atoms with Crippen LogP contribution in [0.4, 0.5) is 0 Å². The molecule has 1 saturated carbocycles. The van der Waals surface area contributed by atoms with Crippen molar-refractivity contribution in [2.75, 3.05) is 0 Å². The third kappa shape index (κ3) is 4.35. The second-order valence-corrected chi connectivity index (χ2v) is 9.22. The van der Waals surface area contributed by atoms with E-state index in [1.54, 1.807) is 0 Å². The fourth-order valence-electron chi connectivity index (χ4n) is 3.41. The lowest BCUT2D eigenvalue weighted by molar-refractivity contribution is 0.128. The summed E-state index contributed by atoms with van der Waals surface area (Å²) in [5, 5.41) is 10.0. The van der Waals surface area contributed by atoms with Gasteiger partial charge in [-0.3, -0.25) is 0 Å². The lowest BCUT2D eigenvalue weighted by Crippen LogP contribution is -2.18. The molecule has 0 aromatic heterocycles. The van der Waals surface area contributed by atoms with Crippen molar-refractivity contribution in [3.8, 4) is 0 Å². The van der Waals surface area contributed by atoms with Crippen LogP contribution in [0.15, 0.2) is 18.2 Å². The molecule has 1 aromatic rings. The number of rotatable bonds is 3. The van der Waals surface area contributed by atoms with Crippen LogP contribution in [0.1, 0.15) is 83.9 Å². The summed E-state index contributed by atoms with van der Waals surface area (Å²) < 4.78 is 0. The Kier molecular flexibility index (Phi) is 5.06. The van der Waals surface area contributed by atoms with Crippen molar-refractivity contribution in [2.45, 2.75) is 90.6 Å². The highest BCUT2D eigenvalue weighted by Gasteiger charge is 2.25. The standard InChI is InChI=1S/C21H34O/c1-20(2,3)17-12-15(13-18(14-17)21(4,5)6)10-11-16-8-7-9-19(16)22/h12-14,16,19,22H,7-11H2,1-6H3/t16-,19+/m1/s1. The molecule has 1 aliphatic carbocycles. The van der Waals surface area contributed by atoms with Crippen molar-refractivity contribution in [2.24, 2.45) is 5.92 Å². The Morgan fingerprint density at radius 1 is 0.909 bits per heavy atom. The highest BCUT2D eigenvalue weighted by atomic mass is 16.3. The van der Waals surface area contributed by atoms with Crippen molar-refractivity contribution >= 4 is 0 Å². The first-order valence-electron chi connectivity index (χ1n) is 8.90. The van der Waals surface area contributed by atoms with Crippen LogP contribution in [0, 0.1) is 5.92 Å². The number of aliphatic hydroxyl groups excluding tert-OH is 1. The molecule has 0 bridgehead atoms. The quantitative estimate of drug-likeness (QED) is 0.795. The predicted octanol–water partition coefficient (Wildman–Crippen LogP) is 5.38. The highest BCUT2D eigenvalue weighted by molar-refractivity contribution is 5.37. The number of aryl methyl sites for hydroxylation is 1. The van der Waals surface area contributed by atoms with Crippen LogP contribution in [0.2, 0.25) is 0 Å². The van der Waals surface area contributed by atoms with E-state index in [0.29, 0.717) is 5.92 Å². The van der Waals surface area contributed by atoms with E-state index in [1.807, 2.05) is 0 Å². The van der Waals surface area contributed by atoms with Gasteiger partial charge in [0.15, 0.2) is 0 Å². The molecule has 0 saturated heterocycles. The Hall–Kier alpha value is -0.820. The second-order valence-electron chi connectivity index (χ2n) is 9.22. The molecule has 0 spiro atoms. The SMILES string of the molecule is CC(C)(C)c1cc(CC[C@H]2CCC[C@@H]2O)cc(C(C)(C)C)c1. The molecule has 0 aliphatic heterocycles. The van der Waals surface area contributed by atoms with E-state index in [-0.39, 0.29) is 16.9 Å². The third-order valence-corrected chi connectivity index (χ3v) is 5.15. The number of hydrogen-bond acceptors (Lipinski definition) is 1. The number of hydrogen-bond donors (Lipinski definition) is 1. The number of aliphatic hydroxyl groups is 1. The molecule has 22 heavy (non-hydrogen) atoms. The molecule has 0 heterocycles. The van der Waals surface area contributed by atoms with Crippen molar-refractivity contribution in [1.82, 2.24) is 0 Å². The van der Waals surface area contributed by atoms with Gasteiger partial charge in [0.1, 0.15) is 0 Å². The van der Waals surface area contributed by atoms with E-state index in [9.17, 15) is 5.11 Å². The summed E-state index contributed by atoms with van der Waals surface area (Å²) in [6.07, 6.45) is 5.55. The largest absolute Gasteiger partial charge is 0.393 e. The van der Waals surface area contributed by atoms with Crippen LogP contribution >= 0.6 is 0 Å². The van der Waals surface area contributed by atoms with E-state index in [2.05, 4.69) is 59.7 Å². The molecule has 1 aromatic carbocycles. The van der Waals surface area contributed by atoms with Gasteiger partial charge in [-0.1, -0.05) is 66.2 Å². The lowest BCUT2D eigenvalue weighted by atomic mass is 9.79. The van der Waals surface area contributed by atoms with Gasteiger partial charge in [0.25, 0.3) is 0 Å². The van der Waals surface area contributed by atoms with Crippen LogP contribution in [-0.2, 0) is 17.3 Å². The van der Waals surface area contributed by atoms with Gasteiger partial charge in [0, 0.05) is 0 Å². The maximum atomic E-state index is 10.0. The molecular weight excluding hydrogens is 268 g/mol. The van der Waals surface area contributed by atoms with E-state index in [4.69, 9.17) is 0 Å². The van der Waals surface area contributed by atoms with Gasteiger partial charge < -0.3 is 5.11 Å². The molecule has 1 fully saturated rings. The molecule has 1 heteroatoms. The minimum atomic E-state index is -0.0621. The summed E-state index contributed by atoms with van der Waals surface area (Å²) in [6.45, 7) is 13.7. The zero-order chi connectivity index (χ0) is 16.5. The van der Waals surface area contributed by atoms with E-state index >= 15 is 0 Å². The Bertz CT molecular complexity index is 469. The van der Waals surface area contributed by atoms with Crippen molar-refractivity contribution in [3.63, 3.8) is 0 Å². The first-order valence-corrected chi connectivity index (χ1v) is 8.90. The van der Waals surface area contributed by atoms with Gasteiger partial charge >= 0.3 is 0 Å². The van der Waals surface area contributed by atoms with Gasteiger partial charge in [0.2, 0.25) is 0 Å². The zero-order valence-electron chi connectivity index (χ0n) is 15.4. The average Bonchev–Trinajstić information content (AvgIpc) is 2.79. The van der Waals surface area contributed by atoms with Crippen molar-refractivity contribution in [3.05, 3.63) is 34.9 Å². The minimum Gasteiger partial charge on any atom is -0.393 e. The van der Waals surface area contributed by atoms with Gasteiger partial charge in [0.05, 0.1) is 6.10 Å². The molecule has 0 amide bonds. The van der Waals surface area contributed by atoms with E-state index < -0.39 is 0 Å². The smallest absolute Gasteiger partial charge is 0.0568 e. The molecule has 0 unspecified atom stereocenters. The van der Waals surface area contributed by atoms with Gasteiger partial charge in [-0.05, 0) is 59.1 Å². The topological polar surface area (TPSA) is 20.2 Å². The molecule has 124 valence electrons. The Labute approximate surface area is 137 Å². The molecule has 2 rings (SSSR count). The fourth-order valence-corrected chi connectivity index (χ4v) is 3.41. The third-order valence-electron chi connectivity index (χ3n) is 5.15. The molecule has 1 N–H and O–H groups in total. The maximum absolute atomic E-state index is 10.0. The normalized spacial score (nSPS) is 23.0. The zero-order valence-corrected chi connectivity index (χ0v) is 15.4. The van der Waals surface area contributed by atoms with Crippen LogP contribution in [-0.4, -0.2) is 11.2 Å². The Morgan fingerprint density at radius 3 is 1.86 bits per heavy atom. The summed E-state index contributed by atoms with van der Waals surface area (Å²) in [5.41, 5.74) is 4.67. The molecule has 1 nitrogen and oxygen atoms in total. The predicted molar refractivity (Wildman–Crippen MR) is 95.5 cm³/mol. The summed E-state index contributed by atoms with van der Waals surface area (Å²) in [5.74, 6) is 0.511. The van der Waals surface area contributed by atoms with Gasteiger partial charge in [-0.15, -0.1) is 0 Å². The molecule has 1 aliphatic rings. The highest BCUT2D eigenvalue weighted by Crippen LogP contribution is 2.33. The molecule has 2 atom stereocenters. The van der Waals surface area contributed by atoms with Crippen molar-refractivity contribution < 1.29 is 5.11 Å². The fraction of sp³-hybridized carbons (Fsp3) is 0.714. The number of benzene rings is 1. The van der Waals surface area contributed by atoms with E-state index in [0.717, 1.165) is 19.3 Å². The molecular formula is C21H34O. The van der Waals surface area contributed by atoms with Crippen LogP contribution in [0.25, 0.3) is 0 Å². The molecule has 0 radical (unpaired) electrons. The van der Waals surface area contributed by atoms with Gasteiger partial charge in [-0.2, -0.15) is 0 Å². The second kappa shape index (κ2) is 6.35. The van der Waals surface area contributed by atoms with Crippen LogP contribution in [0.3, 0.4) is 0 Å². The van der Waals surface area contributed by atoms with E-state index in [1.165, 1.54) is 29.5 Å². The van der Waals surface area contributed by atoms with Gasteiger partial charge in [-0.25, -0.2) is 0 Å². The summed E-state index contributed by atoms with van der Waals surface area (Å²) in [7, 11) is 0. The average molecular weight is 303 g/mol.